The SMILES string of the molecule is O=C(Nc1ccc2c(c1)CC1CCC(C2)C1NS(=O)(=O)c1ccccc1)OCc1ccccc1. The fourth-order valence-electron chi connectivity index (χ4n) is 5.20. The number of rotatable bonds is 6. The van der Waals surface area contributed by atoms with Crippen LogP contribution >= 0.6 is 0 Å². The molecule has 2 bridgehead atoms. The van der Waals surface area contributed by atoms with Gasteiger partial charge in [0.2, 0.25) is 10.0 Å². The normalized spacial score (nSPS) is 21.4. The van der Waals surface area contributed by atoms with E-state index in [4.69, 9.17) is 4.74 Å². The number of anilines is 1. The Morgan fingerprint density at radius 2 is 1.50 bits per heavy atom. The summed E-state index contributed by atoms with van der Waals surface area (Å²) in [5, 5.41) is 2.83. The van der Waals surface area contributed by atoms with Gasteiger partial charge in [-0.2, -0.15) is 0 Å². The van der Waals surface area contributed by atoms with Crippen molar-refractivity contribution in [3.8, 4) is 0 Å². The van der Waals surface area contributed by atoms with Gasteiger partial charge in [-0.1, -0.05) is 54.6 Å². The van der Waals surface area contributed by atoms with E-state index in [-0.39, 0.29) is 24.5 Å². The number of nitrogens with one attached hydrogen (secondary N) is 2. The number of hydrogen-bond acceptors (Lipinski definition) is 4. The molecule has 34 heavy (non-hydrogen) atoms. The molecule has 3 aromatic carbocycles. The third kappa shape index (κ3) is 5.00. The second-order valence-electron chi connectivity index (χ2n) is 9.14. The second kappa shape index (κ2) is 9.60. The van der Waals surface area contributed by atoms with Gasteiger partial charge in [-0.15, -0.1) is 0 Å². The van der Waals surface area contributed by atoms with E-state index in [0.717, 1.165) is 36.8 Å². The number of hydrogen-bond donors (Lipinski definition) is 2. The van der Waals surface area contributed by atoms with Crippen LogP contribution in [-0.2, 0) is 34.2 Å². The van der Waals surface area contributed by atoms with Crippen molar-refractivity contribution >= 4 is 21.8 Å². The predicted octanol–water partition coefficient (Wildman–Crippen LogP) is 4.91. The minimum absolute atomic E-state index is 0.0927. The van der Waals surface area contributed by atoms with Crippen LogP contribution in [0.2, 0.25) is 0 Å². The van der Waals surface area contributed by atoms with Crippen LogP contribution in [0.15, 0.2) is 83.8 Å². The molecule has 7 heteroatoms. The maximum atomic E-state index is 13.0. The number of amides is 1. The van der Waals surface area contributed by atoms with Crippen LogP contribution < -0.4 is 10.0 Å². The zero-order valence-corrected chi connectivity index (χ0v) is 19.6. The second-order valence-corrected chi connectivity index (χ2v) is 10.9. The number of fused-ring (bicyclic) bond motifs is 3. The Kier molecular flexibility index (Phi) is 6.39. The molecule has 6 nitrogen and oxygen atoms in total. The van der Waals surface area contributed by atoms with Crippen LogP contribution in [0.25, 0.3) is 0 Å². The van der Waals surface area contributed by atoms with Crippen molar-refractivity contribution in [2.75, 3.05) is 5.32 Å². The summed E-state index contributed by atoms with van der Waals surface area (Å²) >= 11 is 0. The van der Waals surface area contributed by atoms with Gasteiger partial charge in [0.25, 0.3) is 0 Å². The summed E-state index contributed by atoms with van der Waals surface area (Å²) in [5.74, 6) is 0.490. The van der Waals surface area contributed by atoms with Crippen LogP contribution in [-0.4, -0.2) is 20.6 Å². The Bertz CT molecular complexity index is 1260. The van der Waals surface area contributed by atoms with Crippen molar-refractivity contribution in [3.63, 3.8) is 0 Å². The van der Waals surface area contributed by atoms with Gasteiger partial charge in [0.1, 0.15) is 6.61 Å². The third-order valence-electron chi connectivity index (χ3n) is 6.90. The first-order valence-electron chi connectivity index (χ1n) is 11.6. The summed E-state index contributed by atoms with van der Waals surface area (Å²) in [6.45, 7) is 0.213. The van der Waals surface area contributed by atoms with Crippen molar-refractivity contribution in [2.24, 2.45) is 11.8 Å². The molecule has 5 rings (SSSR count). The van der Waals surface area contributed by atoms with Gasteiger partial charge in [0.15, 0.2) is 0 Å². The minimum Gasteiger partial charge on any atom is -0.444 e. The molecule has 1 saturated carbocycles. The van der Waals surface area contributed by atoms with Crippen molar-refractivity contribution in [2.45, 2.75) is 43.2 Å². The Balaban J connectivity index is 1.26. The molecule has 2 aliphatic rings. The summed E-state index contributed by atoms with van der Waals surface area (Å²) in [7, 11) is -3.57. The van der Waals surface area contributed by atoms with Crippen LogP contribution in [0.4, 0.5) is 10.5 Å². The summed E-state index contributed by atoms with van der Waals surface area (Å²) in [6, 6.07) is 24.0. The van der Waals surface area contributed by atoms with Crippen molar-refractivity contribution < 1.29 is 17.9 Å². The largest absolute Gasteiger partial charge is 0.444 e. The first-order chi connectivity index (χ1) is 16.5. The van der Waals surface area contributed by atoms with Gasteiger partial charge in [-0.3, -0.25) is 5.32 Å². The molecule has 176 valence electrons. The zero-order valence-electron chi connectivity index (χ0n) is 18.8. The molecular weight excluding hydrogens is 448 g/mol. The fraction of sp³-hybridized carbons (Fsp3) is 0.296. The molecule has 2 N–H and O–H groups in total. The highest BCUT2D eigenvalue weighted by molar-refractivity contribution is 7.89. The average Bonchev–Trinajstić information content (AvgIpc) is 3.12. The molecular formula is C27H28N2O4S. The molecule has 1 fully saturated rings. The fourth-order valence-corrected chi connectivity index (χ4v) is 6.60. The van der Waals surface area contributed by atoms with E-state index in [1.54, 1.807) is 24.3 Å². The molecule has 0 heterocycles. The summed E-state index contributed by atoms with van der Waals surface area (Å²) in [6.07, 6.45) is 3.11. The monoisotopic (exact) mass is 476 g/mol. The van der Waals surface area contributed by atoms with Crippen molar-refractivity contribution in [1.29, 1.82) is 0 Å². The summed E-state index contributed by atoms with van der Waals surface area (Å²) in [4.78, 5) is 12.6. The van der Waals surface area contributed by atoms with E-state index in [9.17, 15) is 13.2 Å². The number of carbonyl (C=O) groups is 1. The van der Waals surface area contributed by atoms with Gasteiger partial charge < -0.3 is 4.74 Å². The smallest absolute Gasteiger partial charge is 0.411 e. The Labute approximate surface area is 200 Å². The van der Waals surface area contributed by atoms with Crippen molar-refractivity contribution in [1.82, 2.24) is 4.72 Å². The van der Waals surface area contributed by atoms with E-state index >= 15 is 0 Å². The highest BCUT2D eigenvalue weighted by atomic mass is 32.2. The number of ether oxygens (including phenoxy) is 1. The van der Waals surface area contributed by atoms with E-state index in [1.165, 1.54) is 5.56 Å². The predicted molar refractivity (Wildman–Crippen MR) is 131 cm³/mol. The molecule has 3 atom stereocenters. The first kappa shape index (κ1) is 22.6. The van der Waals surface area contributed by atoms with Gasteiger partial charge in [0.05, 0.1) is 4.90 Å². The summed E-state index contributed by atoms with van der Waals surface area (Å²) in [5.41, 5.74) is 4.01. The zero-order chi connectivity index (χ0) is 23.5. The van der Waals surface area contributed by atoms with Gasteiger partial charge in [-0.05, 0) is 78.5 Å². The van der Waals surface area contributed by atoms with Crippen LogP contribution in [0.3, 0.4) is 0 Å². The lowest BCUT2D eigenvalue weighted by Crippen LogP contribution is -2.41. The van der Waals surface area contributed by atoms with Gasteiger partial charge in [-0.25, -0.2) is 17.9 Å². The number of benzene rings is 3. The molecule has 0 radical (unpaired) electrons. The Morgan fingerprint density at radius 1 is 0.853 bits per heavy atom. The van der Waals surface area contributed by atoms with Gasteiger partial charge in [0, 0.05) is 11.7 Å². The molecule has 3 unspecified atom stereocenters. The van der Waals surface area contributed by atoms with E-state index in [1.807, 2.05) is 54.6 Å². The molecule has 2 aliphatic carbocycles. The molecule has 0 aromatic heterocycles. The molecule has 1 amide bonds. The molecule has 3 aromatic rings. The lowest BCUT2D eigenvalue weighted by Gasteiger charge is -2.23. The lowest BCUT2D eigenvalue weighted by molar-refractivity contribution is 0.155. The Hall–Kier alpha value is -3.16. The van der Waals surface area contributed by atoms with Gasteiger partial charge >= 0.3 is 6.09 Å². The maximum Gasteiger partial charge on any atom is 0.411 e. The average molecular weight is 477 g/mol. The van der Waals surface area contributed by atoms with Crippen LogP contribution in [0.5, 0.6) is 0 Å². The van der Waals surface area contributed by atoms with E-state index < -0.39 is 16.1 Å². The summed E-state index contributed by atoms with van der Waals surface area (Å²) < 4.78 is 34.3. The molecule has 0 saturated heterocycles. The van der Waals surface area contributed by atoms with E-state index in [2.05, 4.69) is 10.0 Å². The number of carbonyl (C=O) groups excluding carboxylic acids is 1. The standard InChI is InChI=1S/C27H28N2O4S/c30-27(33-18-19-7-3-1-4-8-19)28-24-14-13-20-15-21-11-12-22(16-23(20)17-24)26(21)29-34(31,32)25-9-5-2-6-10-25/h1-10,13-14,17,21-22,26,29H,11-12,15-16,18H2,(H,28,30). The first-order valence-corrected chi connectivity index (χ1v) is 13.1. The lowest BCUT2D eigenvalue weighted by atomic mass is 9.93. The van der Waals surface area contributed by atoms with Crippen LogP contribution in [0.1, 0.15) is 29.5 Å². The Morgan fingerprint density at radius 3 is 2.21 bits per heavy atom. The molecule has 0 aliphatic heterocycles. The maximum absolute atomic E-state index is 13.0. The molecule has 0 spiro atoms. The topological polar surface area (TPSA) is 84.5 Å². The van der Waals surface area contributed by atoms with Crippen molar-refractivity contribution in [3.05, 3.63) is 95.6 Å². The third-order valence-corrected chi connectivity index (χ3v) is 8.37. The van der Waals surface area contributed by atoms with Crippen LogP contribution in [0, 0.1) is 11.8 Å². The highest BCUT2D eigenvalue weighted by Crippen LogP contribution is 2.41. The minimum atomic E-state index is -3.57. The van der Waals surface area contributed by atoms with E-state index in [0.29, 0.717) is 10.6 Å². The highest BCUT2D eigenvalue weighted by Gasteiger charge is 2.41. The number of sulfonamides is 1. The quantitative estimate of drug-likeness (QED) is 0.530.